The van der Waals surface area contributed by atoms with E-state index in [2.05, 4.69) is 68.1 Å². The number of aromatic nitrogens is 3. The molecular formula is C20H15Br3N4O2. The molecule has 6 nitrogen and oxygen atoms in total. The summed E-state index contributed by atoms with van der Waals surface area (Å²) in [5.41, 5.74) is 2.98. The highest BCUT2D eigenvalue weighted by atomic mass is 79.9. The quantitative estimate of drug-likeness (QED) is 0.255. The maximum atomic E-state index is 12.6. The maximum Gasteiger partial charge on any atom is 0.261 e. The molecule has 0 aliphatic heterocycles. The Morgan fingerprint density at radius 2 is 1.93 bits per heavy atom. The third-order valence-corrected chi connectivity index (χ3v) is 5.98. The molecule has 2 aromatic carbocycles. The number of halogens is 3. The number of nitrogens with one attached hydrogen (secondary N) is 3. The van der Waals surface area contributed by atoms with E-state index in [0.717, 1.165) is 30.0 Å². The number of fused-ring (bicyclic) bond motifs is 1. The zero-order valence-electron chi connectivity index (χ0n) is 14.8. The van der Waals surface area contributed by atoms with Gasteiger partial charge in [-0.1, -0.05) is 44.0 Å². The monoisotopic (exact) mass is 580 g/mol. The van der Waals surface area contributed by atoms with Crippen LogP contribution in [-0.2, 0) is 0 Å². The van der Waals surface area contributed by atoms with Gasteiger partial charge in [-0.2, -0.15) is 0 Å². The second kappa shape index (κ2) is 8.43. The van der Waals surface area contributed by atoms with Gasteiger partial charge in [0.2, 0.25) is 0 Å². The van der Waals surface area contributed by atoms with Gasteiger partial charge < -0.3 is 20.4 Å². The largest absolute Gasteiger partial charge is 0.387 e. The molecule has 29 heavy (non-hydrogen) atoms. The van der Waals surface area contributed by atoms with Gasteiger partial charge >= 0.3 is 0 Å². The summed E-state index contributed by atoms with van der Waals surface area (Å²) < 4.78 is 2.60. The number of nitrogens with zero attached hydrogens (tertiary/aromatic N) is 1. The van der Waals surface area contributed by atoms with Crippen LogP contribution < -0.4 is 10.9 Å². The molecule has 4 rings (SSSR count). The molecular weight excluding hydrogens is 568 g/mol. The minimum atomic E-state index is -0.736. The summed E-state index contributed by atoms with van der Waals surface area (Å²) in [7, 11) is 0. The van der Waals surface area contributed by atoms with Crippen molar-refractivity contribution in [2.45, 2.75) is 6.10 Å². The van der Waals surface area contributed by atoms with E-state index >= 15 is 0 Å². The van der Waals surface area contributed by atoms with Crippen molar-refractivity contribution in [1.29, 1.82) is 0 Å². The summed E-state index contributed by atoms with van der Waals surface area (Å²) in [6.45, 7) is 0.238. The van der Waals surface area contributed by atoms with Gasteiger partial charge in [0, 0.05) is 26.2 Å². The first-order valence-electron chi connectivity index (χ1n) is 8.66. The maximum absolute atomic E-state index is 12.6. The first kappa shape index (κ1) is 20.3. The van der Waals surface area contributed by atoms with Crippen LogP contribution >= 0.6 is 47.8 Å². The number of anilines is 1. The van der Waals surface area contributed by atoms with E-state index in [9.17, 15) is 9.90 Å². The van der Waals surface area contributed by atoms with Crippen molar-refractivity contribution < 1.29 is 5.11 Å². The number of rotatable bonds is 5. The Hall–Kier alpha value is -1.94. The molecule has 2 aromatic heterocycles. The fourth-order valence-electron chi connectivity index (χ4n) is 3.06. The standard InChI is InChI=1S/C20H15Br3N4O2/c21-11-3-1-2-10(6-11)16(28)9-25-14-4-5-24-20(29)17(14)19-26-15-8-12(22)7-13(23)18(15)27-19/h1-8,16,28H,9H2,(H,26,27)(H2,24,25,29). The molecule has 4 N–H and O–H groups in total. The Labute approximate surface area is 191 Å². The van der Waals surface area contributed by atoms with Crippen LogP contribution in [0.1, 0.15) is 11.7 Å². The molecule has 0 aliphatic carbocycles. The molecule has 148 valence electrons. The van der Waals surface area contributed by atoms with E-state index in [0.29, 0.717) is 17.1 Å². The molecule has 0 bridgehead atoms. The van der Waals surface area contributed by atoms with Crippen LogP contribution in [0.3, 0.4) is 0 Å². The molecule has 1 atom stereocenters. The number of hydrogen-bond donors (Lipinski definition) is 4. The van der Waals surface area contributed by atoms with Gasteiger partial charge in [0.15, 0.2) is 0 Å². The highest BCUT2D eigenvalue weighted by Crippen LogP contribution is 2.31. The number of hydrogen-bond acceptors (Lipinski definition) is 4. The third kappa shape index (κ3) is 4.32. The van der Waals surface area contributed by atoms with Crippen molar-refractivity contribution in [1.82, 2.24) is 15.0 Å². The Bertz CT molecular complexity index is 1250. The topological polar surface area (TPSA) is 93.8 Å². The third-order valence-electron chi connectivity index (χ3n) is 4.42. The predicted molar refractivity (Wildman–Crippen MR) is 125 cm³/mol. The van der Waals surface area contributed by atoms with Gasteiger partial charge in [-0.3, -0.25) is 4.79 Å². The Morgan fingerprint density at radius 1 is 1.10 bits per heavy atom. The molecule has 4 aromatic rings. The van der Waals surface area contributed by atoms with Crippen LogP contribution in [0.4, 0.5) is 5.69 Å². The molecule has 0 saturated heterocycles. The summed E-state index contributed by atoms with van der Waals surface area (Å²) in [4.78, 5) is 23.1. The number of aliphatic hydroxyl groups excluding tert-OH is 1. The predicted octanol–water partition coefficient (Wildman–Crippen LogP) is 5.35. The van der Waals surface area contributed by atoms with Gasteiger partial charge in [-0.05, 0) is 51.8 Å². The molecule has 0 fully saturated rings. The average Bonchev–Trinajstić information content (AvgIpc) is 3.10. The van der Waals surface area contributed by atoms with Gasteiger partial charge in [-0.15, -0.1) is 0 Å². The second-order valence-electron chi connectivity index (χ2n) is 6.42. The highest BCUT2D eigenvalue weighted by molar-refractivity contribution is 9.11. The first-order valence-corrected chi connectivity index (χ1v) is 11.0. The molecule has 0 aliphatic rings. The fraction of sp³-hybridized carbons (Fsp3) is 0.100. The Morgan fingerprint density at radius 3 is 2.72 bits per heavy atom. The SMILES string of the molecule is O=c1[nH]ccc(NCC(O)c2cccc(Br)c2)c1-c1nc2c(Br)cc(Br)cc2[nH]1. The zero-order valence-corrected chi connectivity index (χ0v) is 19.6. The Balaban J connectivity index is 1.67. The summed E-state index contributed by atoms with van der Waals surface area (Å²) in [5.74, 6) is 0.445. The number of aliphatic hydroxyl groups is 1. The normalized spacial score (nSPS) is 12.3. The average molecular weight is 583 g/mol. The number of pyridine rings is 1. The van der Waals surface area contributed by atoms with E-state index in [-0.39, 0.29) is 12.1 Å². The van der Waals surface area contributed by atoms with Gasteiger partial charge in [0.25, 0.3) is 5.56 Å². The number of H-pyrrole nitrogens is 2. The molecule has 2 heterocycles. The van der Waals surface area contributed by atoms with Crippen molar-refractivity contribution in [2.75, 3.05) is 11.9 Å². The Kier molecular flexibility index (Phi) is 5.91. The van der Waals surface area contributed by atoms with Crippen LogP contribution in [0.5, 0.6) is 0 Å². The molecule has 9 heteroatoms. The minimum absolute atomic E-state index is 0.238. The molecule has 0 radical (unpaired) electrons. The van der Waals surface area contributed by atoms with Crippen molar-refractivity contribution in [3.8, 4) is 11.4 Å². The highest BCUT2D eigenvalue weighted by Gasteiger charge is 2.17. The van der Waals surface area contributed by atoms with E-state index in [1.54, 1.807) is 12.3 Å². The van der Waals surface area contributed by atoms with Crippen molar-refractivity contribution in [2.24, 2.45) is 0 Å². The van der Waals surface area contributed by atoms with Gasteiger partial charge in [0.1, 0.15) is 16.9 Å². The first-order chi connectivity index (χ1) is 13.9. The van der Waals surface area contributed by atoms with E-state index < -0.39 is 6.10 Å². The van der Waals surface area contributed by atoms with E-state index in [1.807, 2.05) is 36.4 Å². The number of imidazole rings is 1. The van der Waals surface area contributed by atoms with Crippen molar-refractivity contribution in [3.05, 3.63) is 78.0 Å². The second-order valence-corrected chi connectivity index (χ2v) is 9.10. The summed E-state index contributed by atoms with van der Waals surface area (Å²) in [5, 5.41) is 13.7. The fourth-order valence-corrected chi connectivity index (χ4v) is 4.79. The molecule has 0 spiro atoms. The van der Waals surface area contributed by atoms with Crippen LogP contribution in [-0.4, -0.2) is 26.6 Å². The molecule has 0 saturated carbocycles. The number of aromatic amines is 2. The summed E-state index contributed by atoms with van der Waals surface area (Å²) in [6, 6.07) is 13.0. The van der Waals surface area contributed by atoms with E-state index in [4.69, 9.17) is 0 Å². The van der Waals surface area contributed by atoms with Crippen molar-refractivity contribution >= 4 is 64.5 Å². The lowest BCUT2D eigenvalue weighted by atomic mass is 10.1. The number of benzene rings is 2. The lowest BCUT2D eigenvalue weighted by Crippen LogP contribution is -2.17. The lowest BCUT2D eigenvalue weighted by molar-refractivity contribution is 0.191. The minimum Gasteiger partial charge on any atom is -0.387 e. The summed E-state index contributed by atoms with van der Waals surface area (Å²) >= 11 is 10.4. The van der Waals surface area contributed by atoms with Crippen molar-refractivity contribution in [3.63, 3.8) is 0 Å². The van der Waals surface area contributed by atoms with Crippen LogP contribution in [0, 0.1) is 0 Å². The molecule has 0 amide bonds. The zero-order chi connectivity index (χ0) is 20.5. The van der Waals surface area contributed by atoms with Crippen LogP contribution in [0.15, 0.2) is 66.9 Å². The lowest BCUT2D eigenvalue weighted by Gasteiger charge is -2.15. The molecule has 1 unspecified atom stereocenters. The summed E-state index contributed by atoms with van der Waals surface area (Å²) in [6.07, 6.45) is 0.829. The van der Waals surface area contributed by atoms with Gasteiger partial charge in [0.05, 0.1) is 17.3 Å². The van der Waals surface area contributed by atoms with Gasteiger partial charge in [-0.25, -0.2) is 4.98 Å². The smallest absolute Gasteiger partial charge is 0.261 e. The van der Waals surface area contributed by atoms with E-state index in [1.165, 1.54) is 0 Å². The van der Waals surface area contributed by atoms with Crippen LogP contribution in [0.2, 0.25) is 0 Å². The van der Waals surface area contributed by atoms with Crippen LogP contribution in [0.25, 0.3) is 22.4 Å².